The van der Waals surface area contributed by atoms with Crippen LogP contribution in [0.4, 0.5) is 0 Å². The minimum absolute atomic E-state index is 0.0824. The molecular weight excluding hydrogens is 758 g/mol. The maximum Gasteiger partial charge on any atom is 0.472 e. The smallest absolute Gasteiger partial charge is 0.457 e. The van der Waals surface area contributed by atoms with Gasteiger partial charge in [-0.2, -0.15) is 0 Å². The van der Waals surface area contributed by atoms with Crippen LogP contribution >= 0.6 is 7.82 Å². The fourth-order valence-corrected chi connectivity index (χ4v) is 7.04. The van der Waals surface area contributed by atoms with Gasteiger partial charge in [-0.25, -0.2) is 4.57 Å². The molecule has 0 aromatic heterocycles. The normalized spacial score (nSPS) is 14.2. The molecule has 59 heavy (non-hydrogen) atoms. The third kappa shape index (κ3) is 47.1. The first-order chi connectivity index (χ1) is 28.6. The molecule has 0 fully saturated rings. The van der Waals surface area contributed by atoms with E-state index in [0.29, 0.717) is 24.1 Å². The molecule has 0 bridgehead atoms. The number of carbonyl (C=O) groups excluding carboxylic acids is 1. The lowest BCUT2D eigenvalue weighted by molar-refractivity contribution is -0.870. The Kier molecular flexibility index (Phi) is 41.6. The third-order valence-electron chi connectivity index (χ3n) is 10.1. The second-order valence-electron chi connectivity index (χ2n) is 17.1. The molecule has 2 unspecified atom stereocenters. The summed E-state index contributed by atoms with van der Waals surface area (Å²) in [5.41, 5.74) is 0. The van der Waals surface area contributed by atoms with Crippen LogP contribution in [0, 0.1) is 0 Å². The molecule has 0 aromatic rings. The summed E-state index contributed by atoms with van der Waals surface area (Å²) < 4.78 is 35.1. The van der Waals surface area contributed by atoms with E-state index >= 15 is 0 Å². The van der Waals surface area contributed by atoms with Gasteiger partial charge in [0.2, 0.25) is 0 Å². The average Bonchev–Trinajstić information content (AvgIpc) is 3.19. The van der Waals surface area contributed by atoms with Gasteiger partial charge in [0.1, 0.15) is 19.3 Å². The van der Waals surface area contributed by atoms with Crippen molar-refractivity contribution >= 4 is 13.8 Å². The third-order valence-corrected chi connectivity index (χ3v) is 11.0. The van der Waals surface area contributed by atoms with Gasteiger partial charge in [0.25, 0.3) is 0 Å². The number of hydrogen-bond acceptors (Lipinski definition) is 6. The summed E-state index contributed by atoms with van der Waals surface area (Å²) in [7, 11) is 1.65. The van der Waals surface area contributed by atoms with Gasteiger partial charge in [-0.05, 0) is 83.5 Å². The van der Waals surface area contributed by atoms with Crippen LogP contribution in [0.25, 0.3) is 0 Å². The van der Waals surface area contributed by atoms with Crippen LogP contribution in [0.2, 0.25) is 0 Å². The van der Waals surface area contributed by atoms with Crippen LogP contribution in [-0.2, 0) is 27.9 Å². The molecule has 0 saturated carbocycles. The molecule has 0 aliphatic rings. The maximum atomic E-state index is 12.7. The molecule has 0 radical (unpaired) electrons. The zero-order valence-corrected chi connectivity index (χ0v) is 39.9. The minimum Gasteiger partial charge on any atom is -0.457 e. The van der Waals surface area contributed by atoms with Crippen LogP contribution in [0.15, 0.2) is 60.8 Å². The molecule has 0 saturated heterocycles. The molecule has 2 atom stereocenters. The lowest BCUT2D eigenvalue weighted by atomic mass is 10.1. The zero-order valence-electron chi connectivity index (χ0n) is 39.0. The van der Waals surface area contributed by atoms with Crippen LogP contribution in [0.1, 0.15) is 194 Å². The zero-order chi connectivity index (χ0) is 43.4. The fourth-order valence-electron chi connectivity index (χ4n) is 6.29. The molecule has 344 valence electrons. The Morgan fingerprint density at radius 1 is 0.525 bits per heavy atom. The second kappa shape index (κ2) is 42.9. The van der Waals surface area contributed by atoms with Crippen molar-refractivity contribution in [3.05, 3.63) is 60.8 Å². The summed E-state index contributed by atoms with van der Waals surface area (Å²) in [6.07, 6.45) is 53.9. The van der Waals surface area contributed by atoms with Crippen molar-refractivity contribution in [1.82, 2.24) is 0 Å². The van der Waals surface area contributed by atoms with Gasteiger partial charge in [-0.15, -0.1) is 0 Å². The molecule has 0 spiro atoms. The highest BCUT2D eigenvalue weighted by atomic mass is 31.2. The van der Waals surface area contributed by atoms with Crippen LogP contribution < -0.4 is 0 Å². The van der Waals surface area contributed by atoms with Crippen molar-refractivity contribution in [2.45, 2.75) is 200 Å². The SMILES string of the molecule is CCCCC/C=C\C/C=C\C/C=C\CCCCCCCCCOCC(COP(=O)(O)OCC[N+](C)(C)C)OC(=O)CCCCCCCCC/C=C\C/C=C\CCCCC. The monoisotopic (exact) mass is 851 g/mol. The summed E-state index contributed by atoms with van der Waals surface area (Å²) in [5, 5.41) is 0. The molecule has 0 aliphatic heterocycles. The van der Waals surface area contributed by atoms with E-state index in [9.17, 15) is 14.3 Å². The van der Waals surface area contributed by atoms with E-state index in [2.05, 4.69) is 74.6 Å². The first-order valence-electron chi connectivity index (χ1n) is 24.0. The van der Waals surface area contributed by atoms with Gasteiger partial charge in [-0.3, -0.25) is 13.8 Å². The first-order valence-corrected chi connectivity index (χ1v) is 25.5. The van der Waals surface area contributed by atoms with E-state index in [1.165, 1.54) is 109 Å². The van der Waals surface area contributed by atoms with Crippen molar-refractivity contribution < 1.29 is 37.3 Å². The molecule has 0 rings (SSSR count). The van der Waals surface area contributed by atoms with Crippen molar-refractivity contribution in [2.75, 3.05) is 54.1 Å². The number of unbranched alkanes of at least 4 members (excludes halogenated alkanes) is 20. The quantitative estimate of drug-likeness (QED) is 0.0215. The van der Waals surface area contributed by atoms with Crippen LogP contribution in [0.5, 0.6) is 0 Å². The molecule has 9 heteroatoms. The average molecular weight is 851 g/mol. The topological polar surface area (TPSA) is 91.3 Å². The van der Waals surface area contributed by atoms with Gasteiger partial charge >= 0.3 is 13.8 Å². The highest BCUT2D eigenvalue weighted by molar-refractivity contribution is 7.47. The Bertz CT molecular complexity index is 1130. The van der Waals surface area contributed by atoms with Gasteiger partial charge in [0.15, 0.2) is 0 Å². The van der Waals surface area contributed by atoms with Crippen LogP contribution in [-0.4, -0.2) is 75.6 Å². The molecule has 0 aliphatic carbocycles. The lowest BCUT2D eigenvalue weighted by Crippen LogP contribution is -2.37. The van der Waals surface area contributed by atoms with E-state index in [-0.39, 0.29) is 25.8 Å². The van der Waals surface area contributed by atoms with Crippen molar-refractivity contribution in [3.8, 4) is 0 Å². The van der Waals surface area contributed by atoms with E-state index in [4.69, 9.17) is 18.5 Å². The maximum absolute atomic E-state index is 12.7. The molecule has 0 heterocycles. The van der Waals surface area contributed by atoms with Gasteiger partial charge in [-0.1, -0.05) is 164 Å². The Balaban J connectivity index is 4.23. The molecular formula is C50H93NO7P+. The molecule has 0 amide bonds. The Labute approximate surface area is 364 Å². The number of quaternary nitrogens is 1. The first kappa shape index (κ1) is 57.2. The van der Waals surface area contributed by atoms with Gasteiger partial charge < -0.3 is 18.9 Å². The number of carbonyl (C=O) groups is 1. The highest BCUT2D eigenvalue weighted by Gasteiger charge is 2.26. The number of rotatable bonds is 44. The Hall–Kier alpha value is -1.80. The number of allylic oxidation sites excluding steroid dienone is 10. The molecule has 1 N–H and O–H groups in total. The number of hydrogen-bond donors (Lipinski definition) is 1. The summed E-state index contributed by atoms with van der Waals surface area (Å²) in [5.74, 6) is -0.327. The number of esters is 1. The van der Waals surface area contributed by atoms with Crippen molar-refractivity contribution in [1.29, 1.82) is 0 Å². The van der Waals surface area contributed by atoms with E-state index < -0.39 is 13.9 Å². The van der Waals surface area contributed by atoms with E-state index in [1.54, 1.807) is 0 Å². The van der Waals surface area contributed by atoms with Crippen LogP contribution in [0.3, 0.4) is 0 Å². The summed E-state index contributed by atoms with van der Waals surface area (Å²) in [6.45, 7) is 5.54. The minimum atomic E-state index is -4.29. The predicted octanol–water partition coefficient (Wildman–Crippen LogP) is 14.5. The summed E-state index contributed by atoms with van der Waals surface area (Å²) >= 11 is 0. The lowest BCUT2D eigenvalue weighted by Gasteiger charge is -2.24. The fraction of sp³-hybridized carbons (Fsp3) is 0.780. The van der Waals surface area contributed by atoms with Crippen molar-refractivity contribution in [2.24, 2.45) is 0 Å². The van der Waals surface area contributed by atoms with Gasteiger partial charge in [0.05, 0.1) is 34.4 Å². The van der Waals surface area contributed by atoms with Gasteiger partial charge in [0, 0.05) is 13.0 Å². The largest absolute Gasteiger partial charge is 0.472 e. The number of ether oxygens (including phenoxy) is 2. The number of likely N-dealkylation sites (N-methyl/N-ethyl adjacent to an activating group) is 1. The number of nitrogens with zero attached hydrogens (tertiary/aromatic N) is 1. The van der Waals surface area contributed by atoms with E-state index in [0.717, 1.165) is 64.2 Å². The Morgan fingerprint density at radius 3 is 1.39 bits per heavy atom. The summed E-state index contributed by atoms with van der Waals surface area (Å²) in [6, 6.07) is 0. The number of phosphoric ester groups is 1. The standard InChI is InChI=1S/C50H92NO7P/c1-6-8-10-12-14-16-18-20-22-24-25-26-28-30-32-34-36-38-40-42-45-55-47-49(48-57-59(53,54)56-46-44-51(3,4)5)58-50(52)43-41-39-37-35-33-31-29-27-23-21-19-17-15-13-11-9-7-2/h14-17,20-23,25-26,49H,6-13,18-19,24,27-48H2,1-5H3/p+1/b16-14-,17-15-,22-20-,23-21-,26-25-. The van der Waals surface area contributed by atoms with E-state index in [1.807, 2.05) is 21.1 Å². The second-order valence-corrected chi connectivity index (χ2v) is 18.6. The molecule has 0 aromatic carbocycles. The summed E-state index contributed by atoms with van der Waals surface area (Å²) in [4.78, 5) is 22.9. The predicted molar refractivity (Wildman–Crippen MR) is 252 cm³/mol. The van der Waals surface area contributed by atoms with Crippen molar-refractivity contribution in [3.63, 3.8) is 0 Å². The Morgan fingerprint density at radius 2 is 0.932 bits per heavy atom. The number of phosphoric acid groups is 1. The highest BCUT2D eigenvalue weighted by Crippen LogP contribution is 2.43. The molecule has 8 nitrogen and oxygen atoms in total.